The maximum Gasteiger partial charge on any atom is 0.320 e. The number of rotatable bonds is 4. The number of methoxy groups -OCH3 is 1. The van der Waals surface area contributed by atoms with E-state index in [0.29, 0.717) is 19.1 Å². The highest BCUT2D eigenvalue weighted by atomic mass is 16.5. The number of piperidine rings is 1. The van der Waals surface area contributed by atoms with Crippen molar-refractivity contribution in [3.05, 3.63) is 0 Å². The summed E-state index contributed by atoms with van der Waals surface area (Å²) in [5.41, 5.74) is 0. The van der Waals surface area contributed by atoms with E-state index >= 15 is 0 Å². The van der Waals surface area contributed by atoms with Crippen LogP contribution in [0.25, 0.3) is 0 Å². The summed E-state index contributed by atoms with van der Waals surface area (Å²) in [5, 5.41) is 8.93. The number of carbonyl (C=O) groups is 2. The minimum absolute atomic E-state index is 0.00885. The van der Waals surface area contributed by atoms with Gasteiger partial charge in [0.05, 0.1) is 13.0 Å². The number of hydrogen-bond acceptors (Lipinski definition) is 3. The van der Waals surface area contributed by atoms with Gasteiger partial charge in [-0.2, -0.15) is 0 Å². The Bertz CT molecular complexity index is 359. The van der Waals surface area contributed by atoms with Crippen LogP contribution in [0.15, 0.2) is 0 Å². The van der Waals surface area contributed by atoms with Gasteiger partial charge in [-0.15, -0.1) is 0 Å². The molecule has 6 nitrogen and oxygen atoms in total. The van der Waals surface area contributed by atoms with E-state index in [0.717, 1.165) is 38.8 Å². The number of amides is 2. The number of likely N-dealkylation sites (tertiary alicyclic amines) is 2. The van der Waals surface area contributed by atoms with Crippen molar-refractivity contribution in [3.8, 4) is 0 Å². The Morgan fingerprint density at radius 2 is 2.00 bits per heavy atom. The summed E-state index contributed by atoms with van der Waals surface area (Å²) >= 11 is 0. The van der Waals surface area contributed by atoms with Crippen LogP contribution in [0.1, 0.15) is 32.1 Å². The number of carbonyl (C=O) groups excluding carboxylic acids is 1. The first-order valence-corrected chi connectivity index (χ1v) is 7.38. The third-order valence-electron chi connectivity index (χ3n) is 4.22. The second-order valence-electron chi connectivity index (χ2n) is 5.78. The van der Waals surface area contributed by atoms with Crippen LogP contribution in [0.3, 0.4) is 0 Å². The van der Waals surface area contributed by atoms with Gasteiger partial charge in [-0.05, 0) is 25.7 Å². The molecule has 0 bridgehead atoms. The van der Waals surface area contributed by atoms with E-state index in [2.05, 4.69) is 0 Å². The number of hydrogen-bond donors (Lipinski definition) is 1. The van der Waals surface area contributed by atoms with Gasteiger partial charge in [-0.1, -0.05) is 0 Å². The van der Waals surface area contributed by atoms with E-state index in [1.54, 1.807) is 12.0 Å². The van der Waals surface area contributed by atoms with Crippen molar-refractivity contribution in [2.75, 3.05) is 33.4 Å². The summed E-state index contributed by atoms with van der Waals surface area (Å²) < 4.78 is 5.18. The van der Waals surface area contributed by atoms with Gasteiger partial charge in [0.15, 0.2) is 0 Å². The smallest absolute Gasteiger partial charge is 0.320 e. The lowest BCUT2D eigenvalue weighted by atomic mass is 9.99. The molecule has 2 rings (SSSR count). The van der Waals surface area contributed by atoms with Gasteiger partial charge in [0, 0.05) is 38.7 Å². The van der Waals surface area contributed by atoms with Crippen molar-refractivity contribution in [2.45, 2.75) is 38.1 Å². The molecule has 6 heteroatoms. The summed E-state index contributed by atoms with van der Waals surface area (Å²) in [4.78, 5) is 27.1. The van der Waals surface area contributed by atoms with Gasteiger partial charge in [0.1, 0.15) is 0 Å². The number of ether oxygens (including phenoxy) is 1. The second-order valence-corrected chi connectivity index (χ2v) is 5.78. The Balaban J connectivity index is 1.93. The largest absolute Gasteiger partial charge is 0.481 e. The van der Waals surface area contributed by atoms with Gasteiger partial charge < -0.3 is 19.6 Å². The topological polar surface area (TPSA) is 70.1 Å². The van der Waals surface area contributed by atoms with Crippen molar-refractivity contribution in [1.29, 1.82) is 0 Å². The van der Waals surface area contributed by atoms with Gasteiger partial charge in [0.2, 0.25) is 0 Å². The first-order chi connectivity index (χ1) is 9.61. The van der Waals surface area contributed by atoms with Gasteiger partial charge in [-0.25, -0.2) is 4.79 Å². The highest BCUT2D eigenvalue weighted by Gasteiger charge is 2.34. The molecule has 0 saturated carbocycles. The Morgan fingerprint density at radius 1 is 1.25 bits per heavy atom. The number of aliphatic carboxylic acids is 1. The number of urea groups is 1. The first kappa shape index (κ1) is 15.1. The van der Waals surface area contributed by atoms with Crippen molar-refractivity contribution < 1.29 is 19.4 Å². The monoisotopic (exact) mass is 284 g/mol. The standard InChI is InChI=1S/C14H24N2O4/c1-20-10-11-4-2-6-15(9-11)14(19)16-7-3-5-12(16)8-13(17)18/h11-12H,2-10H2,1H3,(H,17,18). The zero-order chi connectivity index (χ0) is 14.5. The second kappa shape index (κ2) is 6.92. The van der Waals surface area contributed by atoms with E-state index in [9.17, 15) is 9.59 Å². The lowest BCUT2D eigenvalue weighted by Gasteiger charge is -2.36. The third kappa shape index (κ3) is 3.62. The van der Waals surface area contributed by atoms with Crippen molar-refractivity contribution in [1.82, 2.24) is 9.80 Å². The molecule has 2 unspecified atom stereocenters. The molecule has 2 aliphatic heterocycles. The van der Waals surface area contributed by atoms with Crippen LogP contribution >= 0.6 is 0 Å². The van der Waals surface area contributed by atoms with Crippen LogP contribution in [0, 0.1) is 5.92 Å². The third-order valence-corrected chi connectivity index (χ3v) is 4.22. The quantitative estimate of drug-likeness (QED) is 0.847. The van der Waals surface area contributed by atoms with Crippen molar-refractivity contribution in [2.24, 2.45) is 5.92 Å². The molecule has 0 aromatic rings. The molecule has 2 saturated heterocycles. The predicted molar refractivity (Wildman–Crippen MR) is 73.5 cm³/mol. The molecule has 2 fully saturated rings. The summed E-state index contributed by atoms with van der Waals surface area (Å²) in [7, 11) is 1.68. The Hall–Kier alpha value is -1.30. The summed E-state index contributed by atoms with van der Waals surface area (Å²) in [6.07, 6.45) is 3.85. The van der Waals surface area contributed by atoms with Crippen LogP contribution in [-0.4, -0.2) is 66.3 Å². The summed E-state index contributed by atoms with van der Waals surface area (Å²) in [6.45, 7) is 2.86. The molecule has 2 amide bonds. The average molecular weight is 284 g/mol. The fourth-order valence-corrected chi connectivity index (χ4v) is 3.29. The molecule has 114 valence electrons. The lowest BCUT2D eigenvalue weighted by Crippen LogP contribution is -2.50. The van der Waals surface area contributed by atoms with Gasteiger partial charge in [0.25, 0.3) is 0 Å². The lowest BCUT2D eigenvalue weighted by molar-refractivity contribution is -0.138. The van der Waals surface area contributed by atoms with E-state index in [4.69, 9.17) is 9.84 Å². The highest BCUT2D eigenvalue weighted by molar-refractivity contribution is 5.76. The minimum atomic E-state index is -0.828. The molecule has 0 radical (unpaired) electrons. The fourth-order valence-electron chi connectivity index (χ4n) is 3.29. The van der Waals surface area contributed by atoms with E-state index in [1.165, 1.54) is 0 Å². The summed E-state index contributed by atoms with van der Waals surface area (Å²) in [5.74, 6) is -0.427. The Morgan fingerprint density at radius 3 is 2.70 bits per heavy atom. The molecular formula is C14H24N2O4. The van der Waals surface area contributed by atoms with Crippen LogP contribution in [0.4, 0.5) is 4.79 Å². The molecule has 0 spiro atoms. The van der Waals surface area contributed by atoms with E-state index < -0.39 is 5.97 Å². The van der Waals surface area contributed by atoms with Crippen LogP contribution < -0.4 is 0 Å². The van der Waals surface area contributed by atoms with Crippen LogP contribution in [0.5, 0.6) is 0 Å². The molecular weight excluding hydrogens is 260 g/mol. The summed E-state index contributed by atoms with van der Waals surface area (Å²) in [6, 6.07) is -0.127. The Kier molecular flexibility index (Phi) is 5.23. The van der Waals surface area contributed by atoms with Crippen LogP contribution in [-0.2, 0) is 9.53 Å². The first-order valence-electron chi connectivity index (χ1n) is 7.38. The molecule has 1 N–H and O–H groups in total. The molecule has 20 heavy (non-hydrogen) atoms. The molecule has 0 aromatic heterocycles. The molecule has 2 heterocycles. The zero-order valence-corrected chi connectivity index (χ0v) is 12.1. The zero-order valence-electron chi connectivity index (χ0n) is 12.1. The van der Waals surface area contributed by atoms with Gasteiger partial charge in [-0.3, -0.25) is 4.79 Å². The van der Waals surface area contributed by atoms with Crippen molar-refractivity contribution >= 4 is 12.0 Å². The Labute approximate surface area is 119 Å². The predicted octanol–water partition coefficient (Wildman–Crippen LogP) is 1.40. The number of nitrogens with zero attached hydrogens (tertiary/aromatic N) is 2. The normalized spacial score (nSPS) is 26.9. The fraction of sp³-hybridized carbons (Fsp3) is 0.857. The number of carboxylic acids is 1. The van der Waals surface area contributed by atoms with Crippen molar-refractivity contribution in [3.63, 3.8) is 0 Å². The van der Waals surface area contributed by atoms with E-state index in [-0.39, 0.29) is 18.5 Å². The average Bonchev–Trinajstić information content (AvgIpc) is 2.86. The number of carboxylic acid groups (broad SMARTS) is 1. The molecule has 2 aliphatic rings. The van der Waals surface area contributed by atoms with E-state index in [1.807, 2.05) is 4.90 Å². The SMILES string of the molecule is COCC1CCCN(C(=O)N2CCCC2CC(=O)O)C1. The van der Waals surface area contributed by atoms with Crippen LogP contribution in [0.2, 0.25) is 0 Å². The maximum atomic E-state index is 12.6. The maximum absolute atomic E-state index is 12.6. The highest BCUT2D eigenvalue weighted by Crippen LogP contribution is 2.24. The van der Waals surface area contributed by atoms with Gasteiger partial charge >= 0.3 is 12.0 Å². The molecule has 0 aliphatic carbocycles. The molecule has 0 aromatic carbocycles. The molecule has 2 atom stereocenters. The minimum Gasteiger partial charge on any atom is -0.481 e.